The zero-order valence-electron chi connectivity index (χ0n) is 17.0. The normalized spacial score (nSPS) is 27.1. The van der Waals surface area contributed by atoms with Crippen LogP contribution in [-0.4, -0.2) is 39.5 Å². The summed E-state index contributed by atoms with van der Waals surface area (Å²) in [7, 11) is 0. The van der Waals surface area contributed by atoms with Crippen LogP contribution in [0.2, 0.25) is 5.02 Å². The van der Waals surface area contributed by atoms with Gasteiger partial charge in [-0.1, -0.05) is 23.7 Å². The van der Waals surface area contributed by atoms with E-state index in [1.165, 1.54) is 22.9 Å². The molecule has 1 aromatic heterocycles. The molecule has 2 aromatic rings. The van der Waals surface area contributed by atoms with Crippen LogP contribution < -0.4 is 5.73 Å². The Balaban J connectivity index is 1.53. The van der Waals surface area contributed by atoms with E-state index in [1.54, 1.807) is 6.07 Å². The quantitative estimate of drug-likeness (QED) is 0.752. The van der Waals surface area contributed by atoms with Crippen molar-refractivity contribution in [3.63, 3.8) is 0 Å². The standard InChI is InChI=1S/C23H27ClN4O2/c24-19-4-1-3-18(13-19)23(15-25)10-7-16(8-11-23)20-5-2-6-21(29)28(20)22(30)17-9-12-26-27-14-17/h1,3-4,9,12-14,16,20H,2,5-8,10-11,15,25H2. The Morgan fingerprint density at radius 1 is 1.20 bits per heavy atom. The summed E-state index contributed by atoms with van der Waals surface area (Å²) in [4.78, 5) is 27.3. The van der Waals surface area contributed by atoms with Crippen molar-refractivity contribution in [3.8, 4) is 0 Å². The molecule has 7 heteroatoms. The number of nitrogens with two attached hydrogens (primary N) is 1. The molecule has 1 saturated heterocycles. The second-order valence-corrected chi connectivity index (χ2v) is 8.93. The second-order valence-electron chi connectivity index (χ2n) is 8.49. The molecule has 2 amide bonds. The van der Waals surface area contributed by atoms with Crippen molar-refractivity contribution in [1.82, 2.24) is 15.1 Å². The number of hydrogen-bond donors (Lipinski definition) is 1. The van der Waals surface area contributed by atoms with Crippen LogP contribution in [0.5, 0.6) is 0 Å². The smallest absolute Gasteiger partial charge is 0.262 e. The van der Waals surface area contributed by atoms with Gasteiger partial charge in [0, 0.05) is 29.4 Å². The van der Waals surface area contributed by atoms with Crippen LogP contribution in [0, 0.1) is 5.92 Å². The Kier molecular flexibility index (Phi) is 6.16. The molecule has 0 spiro atoms. The second kappa shape index (κ2) is 8.82. The largest absolute Gasteiger partial charge is 0.330 e. The third-order valence-corrected chi connectivity index (χ3v) is 7.14. The van der Waals surface area contributed by atoms with Crippen molar-refractivity contribution in [2.75, 3.05) is 6.54 Å². The average Bonchev–Trinajstić information content (AvgIpc) is 2.79. The van der Waals surface area contributed by atoms with Gasteiger partial charge >= 0.3 is 0 Å². The van der Waals surface area contributed by atoms with Crippen LogP contribution in [0.15, 0.2) is 42.7 Å². The Morgan fingerprint density at radius 2 is 2.00 bits per heavy atom. The predicted molar refractivity (Wildman–Crippen MR) is 115 cm³/mol. The highest BCUT2D eigenvalue weighted by molar-refractivity contribution is 6.30. The highest BCUT2D eigenvalue weighted by Crippen LogP contribution is 2.44. The van der Waals surface area contributed by atoms with Crippen LogP contribution in [0.4, 0.5) is 0 Å². The third-order valence-electron chi connectivity index (χ3n) is 6.90. The third kappa shape index (κ3) is 3.98. The summed E-state index contributed by atoms with van der Waals surface area (Å²) in [6, 6.07) is 9.53. The van der Waals surface area contributed by atoms with Crippen molar-refractivity contribution in [3.05, 3.63) is 58.9 Å². The number of piperidine rings is 1. The highest BCUT2D eigenvalue weighted by atomic mass is 35.5. The van der Waals surface area contributed by atoms with Gasteiger partial charge in [-0.25, -0.2) is 0 Å². The Labute approximate surface area is 181 Å². The van der Waals surface area contributed by atoms with Crippen molar-refractivity contribution in [2.45, 2.75) is 56.4 Å². The molecule has 2 N–H and O–H groups in total. The number of carbonyl (C=O) groups is 2. The number of aromatic nitrogens is 2. The van der Waals surface area contributed by atoms with Gasteiger partial charge in [0.2, 0.25) is 5.91 Å². The molecule has 2 aliphatic rings. The lowest BCUT2D eigenvalue weighted by Gasteiger charge is -2.45. The van der Waals surface area contributed by atoms with Gasteiger partial charge < -0.3 is 5.73 Å². The zero-order chi connectivity index (χ0) is 21.1. The number of benzene rings is 1. The van der Waals surface area contributed by atoms with E-state index in [2.05, 4.69) is 16.3 Å². The van der Waals surface area contributed by atoms with Crippen LogP contribution in [0.25, 0.3) is 0 Å². The molecule has 1 atom stereocenters. The number of halogens is 1. The maximum Gasteiger partial charge on any atom is 0.262 e. The lowest BCUT2D eigenvalue weighted by molar-refractivity contribution is -0.134. The molecule has 0 radical (unpaired) electrons. The lowest BCUT2D eigenvalue weighted by Crippen LogP contribution is -2.52. The molecule has 158 valence electrons. The first kappa shape index (κ1) is 20.9. The predicted octanol–water partition coefficient (Wildman–Crippen LogP) is 3.74. The molecule has 1 aliphatic carbocycles. The van der Waals surface area contributed by atoms with Gasteiger partial charge in [-0.2, -0.15) is 10.2 Å². The van der Waals surface area contributed by atoms with Crippen LogP contribution in [0.1, 0.15) is 60.9 Å². The fourth-order valence-corrected chi connectivity index (χ4v) is 5.36. The lowest BCUT2D eigenvalue weighted by atomic mass is 9.64. The monoisotopic (exact) mass is 426 g/mol. The van der Waals surface area contributed by atoms with Gasteiger partial charge in [0.05, 0.1) is 18.0 Å². The number of imide groups is 1. The number of hydrogen-bond acceptors (Lipinski definition) is 5. The van der Waals surface area contributed by atoms with Gasteiger partial charge in [-0.15, -0.1) is 0 Å². The molecule has 1 unspecified atom stereocenters. The summed E-state index contributed by atoms with van der Waals surface area (Å²) in [5.74, 6) is -0.0597. The van der Waals surface area contributed by atoms with E-state index >= 15 is 0 Å². The molecule has 2 heterocycles. The summed E-state index contributed by atoms with van der Waals surface area (Å²) < 4.78 is 0. The van der Waals surface area contributed by atoms with Crippen molar-refractivity contribution >= 4 is 23.4 Å². The number of likely N-dealkylation sites (tertiary alicyclic amines) is 1. The van der Waals surface area contributed by atoms with E-state index in [9.17, 15) is 9.59 Å². The SMILES string of the molecule is NCC1(c2cccc(Cl)c2)CCC(C2CCCC(=O)N2C(=O)c2ccnnc2)CC1. The van der Waals surface area contributed by atoms with Crippen molar-refractivity contribution < 1.29 is 9.59 Å². The number of rotatable bonds is 4. The summed E-state index contributed by atoms with van der Waals surface area (Å²) >= 11 is 6.23. The highest BCUT2D eigenvalue weighted by Gasteiger charge is 2.43. The van der Waals surface area contributed by atoms with Crippen molar-refractivity contribution in [2.24, 2.45) is 11.7 Å². The first-order valence-electron chi connectivity index (χ1n) is 10.6. The Bertz CT molecular complexity index is 912. The number of amides is 2. The van der Waals surface area contributed by atoms with Gasteiger partial charge in [-0.05, 0) is 68.2 Å². The van der Waals surface area contributed by atoms with E-state index < -0.39 is 0 Å². The summed E-state index contributed by atoms with van der Waals surface area (Å²) in [5, 5.41) is 8.26. The molecule has 4 rings (SSSR count). The molecule has 1 saturated carbocycles. The maximum atomic E-state index is 13.1. The van der Waals surface area contributed by atoms with Crippen LogP contribution in [-0.2, 0) is 10.2 Å². The van der Waals surface area contributed by atoms with Gasteiger partial charge in [-0.3, -0.25) is 14.5 Å². The van der Waals surface area contributed by atoms with E-state index in [1.807, 2.05) is 18.2 Å². The number of carbonyl (C=O) groups excluding carboxylic acids is 2. The van der Waals surface area contributed by atoms with E-state index in [0.29, 0.717) is 18.5 Å². The van der Waals surface area contributed by atoms with E-state index in [0.717, 1.165) is 43.5 Å². The maximum absolute atomic E-state index is 13.1. The Morgan fingerprint density at radius 3 is 2.67 bits per heavy atom. The first-order chi connectivity index (χ1) is 14.5. The van der Waals surface area contributed by atoms with Crippen LogP contribution in [0.3, 0.4) is 0 Å². The zero-order valence-corrected chi connectivity index (χ0v) is 17.7. The summed E-state index contributed by atoms with van der Waals surface area (Å²) in [5.41, 5.74) is 7.75. The number of nitrogens with zero attached hydrogens (tertiary/aromatic N) is 3. The molecular formula is C23H27ClN4O2. The summed E-state index contributed by atoms with van der Waals surface area (Å²) in [6.45, 7) is 0.564. The first-order valence-corrected chi connectivity index (χ1v) is 11.0. The average molecular weight is 427 g/mol. The fourth-order valence-electron chi connectivity index (χ4n) is 5.17. The van der Waals surface area contributed by atoms with Gasteiger partial charge in [0.15, 0.2) is 0 Å². The van der Waals surface area contributed by atoms with Crippen LogP contribution >= 0.6 is 11.6 Å². The van der Waals surface area contributed by atoms with Crippen molar-refractivity contribution in [1.29, 1.82) is 0 Å². The Hall–Kier alpha value is -2.31. The molecule has 2 fully saturated rings. The van der Waals surface area contributed by atoms with Gasteiger partial charge in [0.1, 0.15) is 0 Å². The topological polar surface area (TPSA) is 89.2 Å². The molecule has 30 heavy (non-hydrogen) atoms. The molecule has 0 bridgehead atoms. The molecule has 1 aliphatic heterocycles. The fraction of sp³-hybridized carbons (Fsp3) is 0.478. The minimum Gasteiger partial charge on any atom is -0.330 e. The molecular weight excluding hydrogens is 400 g/mol. The van der Waals surface area contributed by atoms with E-state index in [-0.39, 0.29) is 29.2 Å². The van der Waals surface area contributed by atoms with Gasteiger partial charge in [0.25, 0.3) is 5.91 Å². The van der Waals surface area contributed by atoms with E-state index in [4.69, 9.17) is 17.3 Å². The summed E-state index contributed by atoms with van der Waals surface area (Å²) in [6.07, 6.45) is 8.74. The molecule has 1 aromatic carbocycles. The minimum absolute atomic E-state index is 0.0675. The molecule has 6 nitrogen and oxygen atoms in total. The minimum atomic E-state index is -0.259.